The van der Waals surface area contributed by atoms with Crippen LogP contribution in [0.5, 0.6) is 0 Å². The molecule has 1 aromatic rings. The number of aryl methyl sites for hydroxylation is 1. The quantitative estimate of drug-likeness (QED) is 0.811. The van der Waals surface area contributed by atoms with Crippen LogP contribution in [0.4, 0.5) is 0 Å². The van der Waals surface area contributed by atoms with Crippen LogP contribution in [-0.4, -0.2) is 41.3 Å². The summed E-state index contributed by atoms with van der Waals surface area (Å²) in [7, 11) is 0. The van der Waals surface area contributed by atoms with E-state index in [1.165, 1.54) is 0 Å². The molecule has 2 fully saturated rings. The molecular formula is C17H24N2O3S. The Balaban J connectivity index is 1.48. The maximum atomic E-state index is 12.5. The molecule has 5 nitrogen and oxygen atoms in total. The molecule has 1 aliphatic carbocycles. The van der Waals surface area contributed by atoms with E-state index in [2.05, 4.69) is 5.32 Å². The molecule has 0 unspecified atom stereocenters. The van der Waals surface area contributed by atoms with Crippen molar-refractivity contribution in [1.82, 2.24) is 10.2 Å². The van der Waals surface area contributed by atoms with Gasteiger partial charge in [-0.2, -0.15) is 11.8 Å². The molecule has 23 heavy (non-hydrogen) atoms. The summed E-state index contributed by atoms with van der Waals surface area (Å²) in [5, 5.41) is 2.92. The molecule has 1 aromatic heterocycles. The highest BCUT2D eigenvalue weighted by Gasteiger charge is 2.31. The molecule has 2 aliphatic rings. The van der Waals surface area contributed by atoms with Gasteiger partial charge < -0.3 is 14.6 Å². The average molecular weight is 336 g/mol. The smallest absolute Gasteiger partial charge is 0.223 e. The summed E-state index contributed by atoms with van der Waals surface area (Å²) in [5.41, 5.74) is 0. The average Bonchev–Trinajstić information content (AvgIpc) is 3.33. The summed E-state index contributed by atoms with van der Waals surface area (Å²) in [4.78, 5) is 26.1. The van der Waals surface area contributed by atoms with Gasteiger partial charge in [0.25, 0.3) is 0 Å². The van der Waals surface area contributed by atoms with Crippen molar-refractivity contribution in [2.24, 2.45) is 5.92 Å². The zero-order valence-electron chi connectivity index (χ0n) is 13.5. The minimum absolute atomic E-state index is 0.0380. The molecule has 1 N–H and O–H groups in total. The first-order valence-electron chi connectivity index (χ1n) is 8.36. The fraction of sp³-hybridized carbons (Fsp3) is 0.647. The monoisotopic (exact) mass is 336 g/mol. The number of carbonyl (C=O) groups is 2. The summed E-state index contributed by atoms with van der Waals surface area (Å²) in [6.45, 7) is 3.28. The van der Waals surface area contributed by atoms with Crippen molar-refractivity contribution in [1.29, 1.82) is 0 Å². The van der Waals surface area contributed by atoms with E-state index in [4.69, 9.17) is 4.42 Å². The van der Waals surface area contributed by atoms with Crippen LogP contribution >= 0.6 is 11.8 Å². The number of thioether (sulfide) groups is 1. The Bertz CT molecular complexity index is 568. The Morgan fingerprint density at radius 3 is 2.91 bits per heavy atom. The zero-order valence-corrected chi connectivity index (χ0v) is 14.4. The van der Waals surface area contributed by atoms with Gasteiger partial charge in [0.1, 0.15) is 11.5 Å². The number of carbonyl (C=O) groups excluding carboxylic acids is 2. The van der Waals surface area contributed by atoms with E-state index in [-0.39, 0.29) is 23.8 Å². The van der Waals surface area contributed by atoms with Crippen LogP contribution in [-0.2, 0) is 9.59 Å². The summed E-state index contributed by atoms with van der Waals surface area (Å²) in [5.74, 6) is 4.16. The van der Waals surface area contributed by atoms with Gasteiger partial charge in [0.2, 0.25) is 11.8 Å². The lowest BCUT2D eigenvalue weighted by atomic mass is 10.1. The van der Waals surface area contributed by atoms with Crippen molar-refractivity contribution < 1.29 is 14.0 Å². The van der Waals surface area contributed by atoms with Gasteiger partial charge in [-0.05, 0) is 38.3 Å². The van der Waals surface area contributed by atoms with Gasteiger partial charge in [-0.3, -0.25) is 9.59 Å². The van der Waals surface area contributed by atoms with Gasteiger partial charge in [0.15, 0.2) is 0 Å². The first-order valence-corrected chi connectivity index (χ1v) is 9.52. The van der Waals surface area contributed by atoms with Crippen molar-refractivity contribution >= 4 is 23.6 Å². The minimum atomic E-state index is 0.0380. The molecule has 2 amide bonds. The molecule has 0 radical (unpaired) electrons. The molecule has 1 atom stereocenters. The number of nitrogens with one attached hydrogen (secondary N) is 1. The van der Waals surface area contributed by atoms with Crippen LogP contribution in [0.15, 0.2) is 16.5 Å². The Morgan fingerprint density at radius 2 is 2.22 bits per heavy atom. The van der Waals surface area contributed by atoms with Crippen LogP contribution in [0.1, 0.15) is 43.2 Å². The molecule has 0 spiro atoms. The first-order chi connectivity index (χ1) is 11.1. The molecule has 1 saturated carbocycles. The second kappa shape index (κ2) is 7.43. The van der Waals surface area contributed by atoms with Crippen LogP contribution in [0.3, 0.4) is 0 Å². The molecule has 0 bridgehead atoms. The Labute approximate surface area is 141 Å². The van der Waals surface area contributed by atoms with Crippen LogP contribution in [0.2, 0.25) is 0 Å². The van der Waals surface area contributed by atoms with Gasteiger partial charge in [0, 0.05) is 36.9 Å². The van der Waals surface area contributed by atoms with Crippen molar-refractivity contribution in [3.8, 4) is 0 Å². The lowest BCUT2D eigenvalue weighted by Gasteiger charge is -2.34. The van der Waals surface area contributed by atoms with Gasteiger partial charge in [-0.1, -0.05) is 0 Å². The van der Waals surface area contributed by atoms with Gasteiger partial charge in [0.05, 0.1) is 6.04 Å². The summed E-state index contributed by atoms with van der Waals surface area (Å²) < 4.78 is 5.73. The molecule has 6 heteroatoms. The summed E-state index contributed by atoms with van der Waals surface area (Å²) in [6, 6.07) is 3.96. The molecule has 126 valence electrons. The highest BCUT2D eigenvalue weighted by Crippen LogP contribution is 2.31. The number of hydrogen-bond donors (Lipinski definition) is 1. The third-order valence-electron chi connectivity index (χ3n) is 4.35. The number of nitrogens with zero attached hydrogens (tertiary/aromatic N) is 1. The Morgan fingerprint density at radius 1 is 1.39 bits per heavy atom. The van der Waals surface area contributed by atoms with Gasteiger partial charge >= 0.3 is 0 Å². The van der Waals surface area contributed by atoms with E-state index in [9.17, 15) is 9.59 Å². The van der Waals surface area contributed by atoms with Gasteiger partial charge in [-0.15, -0.1) is 0 Å². The first kappa shape index (κ1) is 16.4. The number of furan rings is 1. The van der Waals surface area contributed by atoms with E-state index >= 15 is 0 Å². The fourth-order valence-corrected chi connectivity index (χ4v) is 3.92. The SMILES string of the molecule is Cc1ccc([C@@H]2CSCCN2C(=O)CCCNC(=O)C2CC2)o1. The lowest BCUT2D eigenvalue weighted by molar-refractivity contribution is -0.133. The number of hydrogen-bond acceptors (Lipinski definition) is 4. The summed E-state index contributed by atoms with van der Waals surface area (Å²) in [6.07, 6.45) is 3.21. The number of rotatable bonds is 6. The Kier molecular flexibility index (Phi) is 5.30. The third kappa shape index (κ3) is 4.31. The second-order valence-corrected chi connectivity index (χ2v) is 7.44. The van der Waals surface area contributed by atoms with Crippen molar-refractivity contribution in [2.75, 3.05) is 24.6 Å². The highest BCUT2D eigenvalue weighted by molar-refractivity contribution is 7.99. The maximum Gasteiger partial charge on any atom is 0.223 e. The maximum absolute atomic E-state index is 12.5. The van der Waals surface area contributed by atoms with Crippen LogP contribution in [0, 0.1) is 12.8 Å². The Hall–Kier alpha value is -1.43. The van der Waals surface area contributed by atoms with E-state index < -0.39 is 0 Å². The van der Waals surface area contributed by atoms with Crippen molar-refractivity contribution in [2.45, 2.75) is 38.6 Å². The van der Waals surface area contributed by atoms with Crippen LogP contribution in [0.25, 0.3) is 0 Å². The highest BCUT2D eigenvalue weighted by atomic mass is 32.2. The standard InChI is InChI=1S/C17H24N2O3S/c1-12-4-7-15(22-12)14-11-23-10-9-19(14)16(20)3-2-8-18-17(21)13-5-6-13/h4,7,13-14H,2-3,5-6,8-11H2,1H3,(H,18,21)/t14-/m0/s1. The van der Waals surface area contributed by atoms with Crippen LogP contribution < -0.4 is 5.32 Å². The molecule has 0 aromatic carbocycles. The van der Waals surface area contributed by atoms with E-state index in [0.29, 0.717) is 19.4 Å². The molecular weight excluding hydrogens is 312 g/mol. The minimum Gasteiger partial charge on any atom is -0.464 e. The second-order valence-electron chi connectivity index (χ2n) is 6.30. The topological polar surface area (TPSA) is 62.6 Å². The van der Waals surface area contributed by atoms with E-state index in [1.54, 1.807) is 0 Å². The number of amides is 2. The largest absolute Gasteiger partial charge is 0.464 e. The van der Waals surface area contributed by atoms with Crippen molar-refractivity contribution in [3.63, 3.8) is 0 Å². The zero-order chi connectivity index (χ0) is 16.2. The lowest BCUT2D eigenvalue weighted by Crippen LogP contribution is -2.40. The third-order valence-corrected chi connectivity index (χ3v) is 5.38. The summed E-state index contributed by atoms with van der Waals surface area (Å²) >= 11 is 1.86. The molecule has 2 heterocycles. The molecule has 1 aliphatic heterocycles. The van der Waals surface area contributed by atoms with Gasteiger partial charge in [-0.25, -0.2) is 0 Å². The van der Waals surface area contributed by atoms with E-state index in [1.807, 2.05) is 35.7 Å². The fourth-order valence-electron chi connectivity index (χ4n) is 2.86. The van der Waals surface area contributed by atoms with Crippen molar-refractivity contribution in [3.05, 3.63) is 23.7 Å². The molecule has 1 saturated heterocycles. The normalized spacial score (nSPS) is 21.3. The predicted octanol–water partition coefficient (Wildman–Crippen LogP) is 2.51. The van der Waals surface area contributed by atoms with E-state index in [0.717, 1.165) is 42.4 Å². The predicted molar refractivity (Wildman–Crippen MR) is 90.2 cm³/mol. The molecule has 3 rings (SSSR count).